The van der Waals surface area contributed by atoms with Crippen molar-refractivity contribution in [2.75, 3.05) is 5.32 Å². The monoisotopic (exact) mass is 414 g/mol. The van der Waals surface area contributed by atoms with E-state index in [1.54, 1.807) is 20.8 Å². The summed E-state index contributed by atoms with van der Waals surface area (Å²) in [7, 11) is 2.88. The third-order valence-corrected chi connectivity index (χ3v) is 4.99. The molecular formula is C20H22N4O6. The van der Waals surface area contributed by atoms with Crippen molar-refractivity contribution in [1.29, 1.82) is 0 Å². The Kier molecular flexibility index (Phi) is 5.34. The number of nitrogens with zero attached hydrogens (tertiary/aromatic N) is 3. The van der Waals surface area contributed by atoms with Crippen molar-refractivity contribution in [3.63, 3.8) is 0 Å². The van der Waals surface area contributed by atoms with E-state index in [0.29, 0.717) is 11.3 Å². The number of aromatic nitrogens is 2. The van der Waals surface area contributed by atoms with Crippen LogP contribution in [-0.2, 0) is 23.6 Å². The zero-order chi connectivity index (χ0) is 22.3. The molecule has 1 aromatic heterocycles. The molecule has 30 heavy (non-hydrogen) atoms. The smallest absolute Gasteiger partial charge is 0.337 e. The first-order valence-electron chi connectivity index (χ1n) is 9.27. The topological polar surface area (TPSA) is 125 Å². The molecule has 0 aliphatic carbocycles. The van der Waals surface area contributed by atoms with E-state index in [9.17, 15) is 24.5 Å². The summed E-state index contributed by atoms with van der Waals surface area (Å²) in [5, 5.41) is 14.0. The molecule has 0 saturated heterocycles. The third kappa shape index (κ3) is 3.40. The molecule has 0 amide bonds. The van der Waals surface area contributed by atoms with Crippen LogP contribution in [0.15, 0.2) is 45.1 Å². The summed E-state index contributed by atoms with van der Waals surface area (Å²) in [6.45, 7) is 5.07. The summed E-state index contributed by atoms with van der Waals surface area (Å²) >= 11 is 0. The number of hydrogen-bond donors (Lipinski definition) is 1. The standard InChI is InChI=1S/C20H22N4O6/c1-10(2)30-19(26)14-11(3)21-17-16(18(25)23(5)20(27)22(17)4)15(14)12-6-8-13(9-7-12)24(28)29/h6-10,15,21H,1-5H3. The van der Waals surface area contributed by atoms with E-state index in [-0.39, 0.29) is 28.7 Å². The number of nitro benzene ring substituents is 1. The molecule has 10 heteroatoms. The zero-order valence-electron chi connectivity index (χ0n) is 17.3. The van der Waals surface area contributed by atoms with E-state index in [1.807, 2.05) is 0 Å². The average molecular weight is 414 g/mol. The molecule has 1 aromatic carbocycles. The van der Waals surface area contributed by atoms with E-state index in [4.69, 9.17) is 4.74 Å². The van der Waals surface area contributed by atoms with Crippen LogP contribution in [0.2, 0.25) is 0 Å². The predicted molar refractivity (Wildman–Crippen MR) is 109 cm³/mol. The van der Waals surface area contributed by atoms with Crippen LogP contribution in [0.4, 0.5) is 11.5 Å². The minimum absolute atomic E-state index is 0.117. The molecule has 0 spiro atoms. The summed E-state index contributed by atoms with van der Waals surface area (Å²) in [4.78, 5) is 48.9. The molecule has 10 nitrogen and oxygen atoms in total. The van der Waals surface area contributed by atoms with E-state index >= 15 is 0 Å². The maximum Gasteiger partial charge on any atom is 0.337 e. The fourth-order valence-electron chi connectivity index (χ4n) is 3.56. The summed E-state index contributed by atoms with van der Waals surface area (Å²) in [6.07, 6.45) is -0.389. The number of carbonyl (C=O) groups excluding carboxylic acids is 1. The Balaban J connectivity index is 2.33. The van der Waals surface area contributed by atoms with Gasteiger partial charge in [-0.3, -0.25) is 24.0 Å². The van der Waals surface area contributed by atoms with Gasteiger partial charge in [-0.1, -0.05) is 12.1 Å². The molecule has 1 aliphatic rings. The van der Waals surface area contributed by atoms with Crippen LogP contribution < -0.4 is 16.6 Å². The maximum atomic E-state index is 13.1. The third-order valence-electron chi connectivity index (χ3n) is 4.99. The van der Waals surface area contributed by atoms with Gasteiger partial charge in [0.25, 0.3) is 11.2 Å². The number of rotatable bonds is 4. The van der Waals surface area contributed by atoms with Crippen molar-refractivity contribution in [2.45, 2.75) is 32.8 Å². The molecule has 0 bridgehead atoms. The first-order chi connectivity index (χ1) is 14.0. The Bertz CT molecular complexity index is 1190. The lowest BCUT2D eigenvalue weighted by Crippen LogP contribution is -2.43. The van der Waals surface area contributed by atoms with Gasteiger partial charge < -0.3 is 10.1 Å². The molecule has 2 aromatic rings. The maximum absolute atomic E-state index is 13.1. The SMILES string of the molecule is CC1=C(C(=O)OC(C)C)C(c2ccc([N+](=O)[O-])cc2)c2c(n(C)c(=O)n(C)c2=O)N1. The first kappa shape index (κ1) is 21.0. The minimum Gasteiger partial charge on any atom is -0.460 e. The lowest BCUT2D eigenvalue weighted by molar-refractivity contribution is -0.384. The number of esters is 1. The number of hydrogen-bond acceptors (Lipinski definition) is 7. The van der Waals surface area contributed by atoms with Gasteiger partial charge in [0, 0.05) is 31.9 Å². The van der Waals surface area contributed by atoms with Crippen molar-refractivity contribution in [1.82, 2.24) is 9.13 Å². The van der Waals surface area contributed by atoms with Gasteiger partial charge in [0.15, 0.2) is 0 Å². The van der Waals surface area contributed by atoms with Gasteiger partial charge in [0.05, 0.1) is 28.1 Å². The van der Waals surface area contributed by atoms with Crippen LogP contribution in [0.3, 0.4) is 0 Å². The second kappa shape index (κ2) is 7.62. The van der Waals surface area contributed by atoms with E-state index < -0.39 is 28.1 Å². The second-order valence-electron chi connectivity index (χ2n) is 7.37. The van der Waals surface area contributed by atoms with Gasteiger partial charge in [-0.15, -0.1) is 0 Å². The molecule has 0 fully saturated rings. The molecule has 158 valence electrons. The van der Waals surface area contributed by atoms with Gasteiger partial charge in [-0.05, 0) is 26.3 Å². The summed E-state index contributed by atoms with van der Waals surface area (Å²) in [5.74, 6) is -1.20. The van der Waals surface area contributed by atoms with Crippen molar-refractivity contribution >= 4 is 17.5 Å². The number of ether oxygens (including phenoxy) is 1. The zero-order valence-corrected chi connectivity index (χ0v) is 17.3. The lowest BCUT2D eigenvalue weighted by Gasteiger charge is -2.31. The summed E-state index contributed by atoms with van der Waals surface area (Å²) in [5.41, 5.74) is 0.124. The van der Waals surface area contributed by atoms with Crippen LogP contribution >= 0.6 is 0 Å². The molecule has 1 aliphatic heterocycles. The van der Waals surface area contributed by atoms with Crippen LogP contribution in [0.1, 0.15) is 37.8 Å². The molecule has 3 rings (SSSR count). The number of anilines is 1. The highest BCUT2D eigenvalue weighted by molar-refractivity contribution is 5.94. The number of benzene rings is 1. The molecule has 1 atom stereocenters. The van der Waals surface area contributed by atoms with Crippen molar-refractivity contribution in [3.8, 4) is 0 Å². The largest absolute Gasteiger partial charge is 0.460 e. The Hall–Kier alpha value is -3.69. The van der Waals surface area contributed by atoms with Gasteiger partial charge in [0.2, 0.25) is 0 Å². The summed E-state index contributed by atoms with van der Waals surface area (Å²) < 4.78 is 7.65. The number of nitro groups is 1. The predicted octanol–water partition coefficient (Wildman–Crippen LogP) is 1.78. The lowest BCUT2D eigenvalue weighted by atomic mass is 9.82. The van der Waals surface area contributed by atoms with Gasteiger partial charge in [0.1, 0.15) is 5.82 Å². The average Bonchev–Trinajstić information content (AvgIpc) is 2.69. The van der Waals surface area contributed by atoms with Gasteiger partial charge in [-0.25, -0.2) is 9.59 Å². The minimum atomic E-state index is -0.862. The Morgan fingerprint density at radius 1 is 1.17 bits per heavy atom. The number of carbonyl (C=O) groups is 1. The van der Waals surface area contributed by atoms with Crippen LogP contribution in [0, 0.1) is 10.1 Å². The second-order valence-corrected chi connectivity index (χ2v) is 7.37. The highest BCUT2D eigenvalue weighted by Gasteiger charge is 2.37. The number of allylic oxidation sites excluding steroid dienone is 1. The Morgan fingerprint density at radius 3 is 2.30 bits per heavy atom. The van der Waals surface area contributed by atoms with E-state index in [2.05, 4.69) is 5.32 Å². The normalized spacial score (nSPS) is 15.6. The van der Waals surface area contributed by atoms with Crippen LogP contribution in [0.25, 0.3) is 0 Å². The highest BCUT2D eigenvalue weighted by atomic mass is 16.6. The van der Waals surface area contributed by atoms with Gasteiger partial charge >= 0.3 is 11.7 Å². The molecule has 0 radical (unpaired) electrons. The molecule has 1 N–H and O–H groups in total. The van der Waals surface area contributed by atoms with Crippen molar-refractivity contribution < 1.29 is 14.5 Å². The molecule has 0 saturated carbocycles. The Labute approximate surface area is 171 Å². The number of fused-ring (bicyclic) bond motifs is 1. The van der Waals surface area contributed by atoms with Gasteiger partial charge in [-0.2, -0.15) is 0 Å². The number of non-ortho nitro benzene ring substituents is 1. The molecule has 1 unspecified atom stereocenters. The molecule has 2 heterocycles. The summed E-state index contributed by atoms with van der Waals surface area (Å²) in [6, 6.07) is 5.62. The van der Waals surface area contributed by atoms with Crippen LogP contribution in [0.5, 0.6) is 0 Å². The number of nitrogens with one attached hydrogen (secondary N) is 1. The molecular weight excluding hydrogens is 392 g/mol. The van der Waals surface area contributed by atoms with E-state index in [0.717, 1.165) is 4.57 Å². The van der Waals surface area contributed by atoms with Crippen molar-refractivity contribution in [3.05, 3.63) is 77.6 Å². The quantitative estimate of drug-likeness (QED) is 0.459. The van der Waals surface area contributed by atoms with E-state index in [1.165, 1.54) is 42.9 Å². The fourth-order valence-corrected chi connectivity index (χ4v) is 3.56. The highest BCUT2D eigenvalue weighted by Crippen LogP contribution is 2.40. The van der Waals surface area contributed by atoms with Crippen molar-refractivity contribution in [2.24, 2.45) is 14.1 Å². The fraction of sp³-hybridized carbons (Fsp3) is 0.350. The Morgan fingerprint density at radius 2 is 1.77 bits per heavy atom. The first-order valence-corrected chi connectivity index (χ1v) is 9.27. The van der Waals surface area contributed by atoms with Crippen LogP contribution in [-0.4, -0.2) is 26.1 Å².